The molecule has 0 bridgehead atoms. The molecule has 84 valence electrons. The number of hydrogen-bond acceptors (Lipinski definition) is 3. The van der Waals surface area contributed by atoms with E-state index in [1.54, 1.807) is 0 Å². The lowest BCUT2D eigenvalue weighted by Gasteiger charge is -2.35. The first-order valence-corrected chi connectivity index (χ1v) is 6.77. The number of thioether (sulfide) groups is 1. The third-order valence-corrected chi connectivity index (χ3v) is 4.31. The molecule has 0 radical (unpaired) electrons. The molecule has 4 heteroatoms. The Morgan fingerprint density at radius 1 is 1.50 bits per heavy atom. The maximum absolute atomic E-state index is 4.06. The fourth-order valence-corrected chi connectivity index (χ4v) is 3.23. The summed E-state index contributed by atoms with van der Waals surface area (Å²) in [5, 5.41) is 8.27. The van der Waals surface area contributed by atoms with Crippen molar-refractivity contribution in [2.45, 2.75) is 13.0 Å². The van der Waals surface area contributed by atoms with Gasteiger partial charge in [0.2, 0.25) is 0 Å². The molecule has 2 heterocycles. The molecule has 2 aromatic rings. The van der Waals surface area contributed by atoms with E-state index < -0.39 is 0 Å². The van der Waals surface area contributed by atoms with Crippen molar-refractivity contribution in [1.29, 1.82) is 0 Å². The van der Waals surface area contributed by atoms with Crippen molar-refractivity contribution >= 4 is 28.4 Å². The fourth-order valence-electron chi connectivity index (χ4n) is 2.21. The molecule has 16 heavy (non-hydrogen) atoms. The van der Waals surface area contributed by atoms with Gasteiger partial charge >= 0.3 is 0 Å². The number of aromatic amines is 1. The van der Waals surface area contributed by atoms with Gasteiger partial charge < -0.3 is 4.90 Å². The van der Waals surface area contributed by atoms with Crippen LogP contribution in [0.15, 0.2) is 24.4 Å². The lowest BCUT2D eigenvalue weighted by atomic mass is 10.2. The van der Waals surface area contributed by atoms with Crippen LogP contribution in [0.4, 0.5) is 5.69 Å². The Morgan fingerprint density at radius 3 is 3.31 bits per heavy atom. The van der Waals surface area contributed by atoms with Gasteiger partial charge in [0.05, 0.1) is 11.7 Å². The number of nitrogens with one attached hydrogen (secondary N) is 1. The summed E-state index contributed by atoms with van der Waals surface area (Å²) in [6, 6.07) is 7.17. The average molecular weight is 233 g/mol. The van der Waals surface area contributed by atoms with Gasteiger partial charge in [-0.1, -0.05) is 0 Å². The largest absolute Gasteiger partial charge is 0.367 e. The van der Waals surface area contributed by atoms with Crippen LogP contribution >= 0.6 is 11.8 Å². The van der Waals surface area contributed by atoms with Crippen molar-refractivity contribution in [3.63, 3.8) is 0 Å². The molecule has 1 fully saturated rings. The molecule has 1 aromatic heterocycles. The summed E-state index contributed by atoms with van der Waals surface area (Å²) in [6.45, 7) is 3.44. The van der Waals surface area contributed by atoms with Crippen molar-refractivity contribution in [1.82, 2.24) is 10.2 Å². The van der Waals surface area contributed by atoms with E-state index in [0.29, 0.717) is 6.04 Å². The highest BCUT2D eigenvalue weighted by atomic mass is 32.2. The van der Waals surface area contributed by atoms with Crippen molar-refractivity contribution in [3.05, 3.63) is 24.4 Å². The molecule has 1 N–H and O–H groups in total. The van der Waals surface area contributed by atoms with E-state index in [4.69, 9.17) is 0 Å². The van der Waals surface area contributed by atoms with Crippen LogP contribution in [0, 0.1) is 0 Å². The monoisotopic (exact) mass is 233 g/mol. The van der Waals surface area contributed by atoms with Crippen LogP contribution in [0.2, 0.25) is 0 Å². The van der Waals surface area contributed by atoms with Crippen molar-refractivity contribution in [2.75, 3.05) is 23.0 Å². The van der Waals surface area contributed by atoms with Crippen LogP contribution in [0.5, 0.6) is 0 Å². The first-order chi connectivity index (χ1) is 7.84. The molecule has 0 spiro atoms. The summed E-state index contributed by atoms with van der Waals surface area (Å²) in [4.78, 5) is 2.48. The van der Waals surface area contributed by atoms with Crippen molar-refractivity contribution in [2.24, 2.45) is 0 Å². The maximum Gasteiger partial charge on any atom is 0.0670 e. The highest BCUT2D eigenvalue weighted by Crippen LogP contribution is 2.26. The van der Waals surface area contributed by atoms with E-state index in [1.165, 1.54) is 22.6 Å². The molecular formula is C12H15N3S. The van der Waals surface area contributed by atoms with Crippen LogP contribution in [0.25, 0.3) is 10.9 Å². The molecule has 1 aliphatic heterocycles. The van der Waals surface area contributed by atoms with E-state index >= 15 is 0 Å². The summed E-state index contributed by atoms with van der Waals surface area (Å²) in [7, 11) is 0. The summed E-state index contributed by atoms with van der Waals surface area (Å²) in [5.74, 6) is 2.45. The number of H-pyrrole nitrogens is 1. The topological polar surface area (TPSA) is 31.9 Å². The van der Waals surface area contributed by atoms with Gasteiger partial charge in [-0.2, -0.15) is 16.9 Å². The van der Waals surface area contributed by atoms with Gasteiger partial charge in [0, 0.05) is 35.2 Å². The predicted octanol–water partition coefficient (Wildman–Crippen LogP) is 2.50. The molecule has 1 aliphatic rings. The number of rotatable bonds is 1. The molecule has 1 saturated heterocycles. The Labute approximate surface area is 99.2 Å². The standard InChI is InChI=1S/C12H15N3S/c1-9-8-16-5-4-15(9)11-3-2-10-7-13-14-12(10)6-11/h2-3,6-7,9H,4-5,8H2,1H3,(H,13,14). The third kappa shape index (κ3) is 1.67. The molecule has 1 atom stereocenters. The van der Waals surface area contributed by atoms with Gasteiger partial charge in [0.25, 0.3) is 0 Å². The molecule has 3 rings (SSSR count). The van der Waals surface area contributed by atoms with Crippen LogP contribution < -0.4 is 4.90 Å². The lowest BCUT2D eigenvalue weighted by molar-refractivity contribution is 0.700. The van der Waals surface area contributed by atoms with Gasteiger partial charge in [-0.05, 0) is 25.1 Å². The second-order valence-electron chi connectivity index (χ2n) is 4.26. The minimum Gasteiger partial charge on any atom is -0.367 e. The number of anilines is 1. The smallest absolute Gasteiger partial charge is 0.0670 e. The normalized spacial score (nSPS) is 21.6. The first-order valence-electron chi connectivity index (χ1n) is 5.62. The zero-order chi connectivity index (χ0) is 11.0. The number of benzene rings is 1. The van der Waals surface area contributed by atoms with Crippen LogP contribution in [0.1, 0.15) is 6.92 Å². The molecule has 0 amide bonds. The summed E-state index contributed by atoms with van der Waals surface area (Å²) in [5.41, 5.74) is 2.44. The molecular weight excluding hydrogens is 218 g/mol. The fraction of sp³-hybridized carbons (Fsp3) is 0.417. The zero-order valence-electron chi connectivity index (χ0n) is 9.31. The summed E-state index contributed by atoms with van der Waals surface area (Å²) < 4.78 is 0. The van der Waals surface area contributed by atoms with E-state index in [2.05, 4.69) is 40.2 Å². The van der Waals surface area contributed by atoms with E-state index in [9.17, 15) is 0 Å². The minimum absolute atomic E-state index is 0.624. The number of nitrogens with zero attached hydrogens (tertiary/aromatic N) is 2. The number of hydrogen-bond donors (Lipinski definition) is 1. The molecule has 0 saturated carbocycles. The molecule has 0 aliphatic carbocycles. The Balaban J connectivity index is 1.97. The maximum atomic E-state index is 4.06. The van der Waals surface area contributed by atoms with Crippen LogP contribution in [-0.2, 0) is 0 Å². The summed E-state index contributed by atoms with van der Waals surface area (Å²) >= 11 is 2.04. The second-order valence-corrected chi connectivity index (χ2v) is 5.41. The molecule has 3 nitrogen and oxygen atoms in total. The second kappa shape index (κ2) is 4.01. The highest BCUT2D eigenvalue weighted by Gasteiger charge is 2.18. The van der Waals surface area contributed by atoms with Crippen LogP contribution in [-0.4, -0.2) is 34.3 Å². The van der Waals surface area contributed by atoms with E-state index in [1.807, 2.05) is 18.0 Å². The predicted molar refractivity (Wildman–Crippen MR) is 70.2 cm³/mol. The van der Waals surface area contributed by atoms with Gasteiger partial charge in [-0.3, -0.25) is 5.10 Å². The van der Waals surface area contributed by atoms with Gasteiger partial charge in [-0.25, -0.2) is 0 Å². The van der Waals surface area contributed by atoms with Crippen molar-refractivity contribution in [3.8, 4) is 0 Å². The quantitative estimate of drug-likeness (QED) is 0.821. The highest BCUT2D eigenvalue weighted by molar-refractivity contribution is 7.99. The summed E-state index contributed by atoms with van der Waals surface area (Å²) in [6.07, 6.45) is 1.87. The Morgan fingerprint density at radius 2 is 2.44 bits per heavy atom. The number of fused-ring (bicyclic) bond motifs is 1. The molecule has 1 unspecified atom stereocenters. The van der Waals surface area contributed by atoms with Crippen molar-refractivity contribution < 1.29 is 0 Å². The Kier molecular flexibility index (Phi) is 2.52. The number of aromatic nitrogens is 2. The van der Waals surface area contributed by atoms with Gasteiger partial charge in [0.15, 0.2) is 0 Å². The third-order valence-electron chi connectivity index (χ3n) is 3.12. The Bertz CT molecular complexity index is 494. The van der Waals surface area contributed by atoms with Gasteiger partial charge in [0.1, 0.15) is 0 Å². The zero-order valence-corrected chi connectivity index (χ0v) is 10.1. The lowest BCUT2D eigenvalue weighted by Crippen LogP contribution is -2.40. The van der Waals surface area contributed by atoms with E-state index in [-0.39, 0.29) is 0 Å². The average Bonchev–Trinajstić information content (AvgIpc) is 2.76. The van der Waals surface area contributed by atoms with E-state index in [0.717, 1.165) is 12.1 Å². The van der Waals surface area contributed by atoms with Gasteiger partial charge in [-0.15, -0.1) is 0 Å². The van der Waals surface area contributed by atoms with Crippen LogP contribution in [0.3, 0.4) is 0 Å². The molecule has 1 aromatic carbocycles. The first kappa shape index (κ1) is 10.0. The SMILES string of the molecule is CC1CSCCN1c1ccc2cn[nH]c2c1. The minimum atomic E-state index is 0.624. The Hall–Kier alpha value is -1.16.